The molecule has 0 aliphatic heterocycles. The van der Waals surface area contributed by atoms with Crippen LogP contribution in [0.1, 0.15) is 6.92 Å². The van der Waals surface area contributed by atoms with Gasteiger partial charge in [-0.05, 0) is 31.3 Å². The number of carbonyl (C=O) groups is 1. The fourth-order valence-electron chi connectivity index (χ4n) is 1.46. The number of carbonyl (C=O) groups excluding carboxylic acids is 1. The van der Waals surface area contributed by atoms with Gasteiger partial charge in [-0.15, -0.1) is 0 Å². The normalized spacial score (nSPS) is 12.0. The second-order valence-electron chi connectivity index (χ2n) is 4.24. The molecule has 0 aromatic heterocycles. The molecule has 1 rings (SSSR count). The van der Waals surface area contributed by atoms with Crippen LogP contribution >= 0.6 is 47.0 Å². The highest BCUT2D eigenvalue weighted by atomic mass is 35.6. The van der Waals surface area contributed by atoms with Gasteiger partial charge in [-0.2, -0.15) is 0 Å². The Bertz CT molecular complexity index is 609. The molecule has 0 radical (unpaired) electrons. The zero-order chi connectivity index (χ0) is 18.3. The fourth-order valence-corrected chi connectivity index (χ4v) is 2.02. The molecule has 1 aromatic carbocycles. The van der Waals surface area contributed by atoms with E-state index in [0.29, 0.717) is 5.69 Å². The van der Waals surface area contributed by atoms with E-state index in [4.69, 9.17) is 51.8 Å². The molecule has 0 fully saturated rings. The number of thiocarbonyl (C=S) groups is 1. The number of halogens is 3. The molecule has 0 saturated heterocycles. The number of non-ortho nitro benzene ring substituents is 1. The summed E-state index contributed by atoms with van der Waals surface area (Å²) < 4.78 is 2.80. The van der Waals surface area contributed by atoms with Crippen LogP contribution in [0.15, 0.2) is 24.3 Å². The van der Waals surface area contributed by atoms with Crippen molar-refractivity contribution in [2.45, 2.75) is 16.9 Å². The molecule has 1 amide bonds. The number of hydrogen-bond donors (Lipinski definition) is 3. The van der Waals surface area contributed by atoms with Gasteiger partial charge < -0.3 is 15.4 Å². The van der Waals surface area contributed by atoms with Gasteiger partial charge in [-0.25, -0.2) is 4.79 Å². The van der Waals surface area contributed by atoms with E-state index >= 15 is 0 Å². The maximum Gasteiger partial charge on any atom is 0.408 e. The van der Waals surface area contributed by atoms with Crippen molar-refractivity contribution in [2.75, 3.05) is 11.9 Å². The summed E-state index contributed by atoms with van der Waals surface area (Å²) in [6.45, 7) is 1.77. The van der Waals surface area contributed by atoms with Gasteiger partial charge in [-0.3, -0.25) is 15.4 Å². The van der Waals surface area contributed by atoms with Crippen molar-refractivity contribution in [2.24, 2.45) is 0 Å². The van der Waals surface area contributed by atoms with Crippen molar-refractivity contribution in [1.82, 2.24) is 10.6 Å². The Morgan fingerprint density at radius 1 is 1.33 bits per heavy atom. The SMILES string of the molecule is CCOC(=O)NC(NC(=S)Nc1ccc([N+](=O)[O-])cc1)C(Cl)(Cl)Cl. The zero-order valence-corrected chi connectivity index (χ0v) is 15.3. The molecule has 132 valence electrons. The first-order valence-electron chi connectivity index (χ1n) is 6.45. The Hall–Kier alpha value is -1.55. The molecule has 1 aromatic rings. The Morgan fingerprint density at radius 3 is 2.38 bits per heavy atom. The van der Waals surface area contributed by atoms with E-state index < -0.39 is 21.0 Å². The predicted octanol–water partition coefficient (Wildman–Crippen LogP) is 3.32. The minimum Gasteiger partial charge on any atom is -0.450 e. The number of anilines is 1. The number of rotatable bonds is 5. The first-order chi connectivity index (χ1) is 11.1. The van der Waals surface area contributed by atoms with Crippen LogP contribution in [0.2, 0.25) is 0 Å². The molecule has 0 aliphatic carbocycles. The monoisotopic (exact) mass is 414 g/mol. The first-order valence-corrected chi connectivity index (χ1v) is 7.99. The molecule has 0 heterocycles. The third-order valence-electron chi connectivity index (χ3n) is 2.48. The molecule has 1 unspecified atom stereocenters. The van der Waals surface area contributed by atoms with Gasteiger partial charge in [0.15, 0.2) is 11.3 Å². The number of benzene rings is 1. The van der Waals surface area contributed by atoms with Crippen molar-refractivity contribution in [1.29, 1.82) is 0 Å². The van der Waals surface area contributed by atoms with Gasteiger partial charge in [-0.1, -0.05) is 34.8 Å². The van der Waals surface area contributed by atoms with E-state index in [0.717, 1.165) is 0 Å². The number of nitrogens with zero attached hydrogens (tertiary/aromatic N) is 1. The van der Waals surface area contributed by atoms with Crippen LogP contribution in [-0.4, -0.2) is 32.7 Å². The van der Waals surface area contributed by atoms with Gasteiger partial charge in [0, 0.05) is 17.8 Å². The first kappa shape index (κ1) is 20.5. The number of ether oxygens (including phenoxy) is 1. The van der Waals surface area contributed by atoms with E-state index in [1.54, 1.807) is 6.92 Å². The summed E-state index contributed by atoms with van der Waals surface area (Å²) in [7, 11) is 0. The highest BCUT2D eigenvalue weighted by Crippen LogP contribution is 2.29. The molecule has 0 saturated carbocycles. The van der Waals surface area contributed by atoms with Crippen LogP contribution in [0.3, 0.4) is 0 Å². The third kappa shape index (κ3) is 6.91. The lowest BCUT2D eigenvalue weighted by Crippen LogP contribution is -2.56. The zero-order valence-electron chi connectivity index (χ0n) is 12.2. The van der Waals surface area contributed by atoms with E-state index in [1.807, 2.05) is 0 Å². The van der Waals surface area contributed by atoms with Crippen LogP contribution in [0.25, 0.3) is 0 Å². The maximum absolute atomic E-state index is 11.5. The molecule has 3 N–H and O–H groups in total. The standard InChI is InChI=1S/C12H13Cl3N4O4S/c1-2-23-11(20)18-9(12(13,14)15)17-10(24)16-7-3-5-8(6-4-7)19(21)22/h3-6,9H,2H2,1H3,(H,18,20)(H2,16,17,24). The van der Waals surface area contributed by atoms with E-state index in [2.05, 4.69) is 16.0 Å². The smallest absolute Gasteiger partial charge is 0.408 e. The van der Waals surface area contributed by atoms with Crippen molar-refractivity contribution in [3.63, 3.8) is 0 Å². The number of hydrogen-bond acceptors (Lipinski definition) is 5. The summed E-state index contributed by atoms with van der Waals surface area (Å²) in [5.41, 5.74) is 0.403. The fraction of sp³-hybridized carbons (Fsp3) is 0.333. The summed E-state index contributed by atoms with van der Waals surface area (Å²) in [5.74, 6) is 0. The second-order valence-corrected chi connectivity index (χ2v) is 7.02. The minimum absolute atomic E-state index is 0.0250. The van der Waals surface area contributed by atoms with Crippen molar-refractivity contribution in [3.8, 4) is 0 Å². The largest absolute Gasteiger partial charge is 0.450 e. The number of nitro groups is 1. The molecule has 8 nitrogen and oxygen atoms in total. The van der Waals surface area contributed by atoms with Crippen molar-refractivity contribution >= 4 is 69.6 Å². The average Bonchev–Trinajstić information content (AvgIpc) is 2.46. The number of amides is 1. The van der Waals surface area contributed by atoms with Crippen LogP contribution in [0.5, 0.6) is 0 Å². The topological polar surface area (TPSA) is 106 Å². The molecule has 24 heavy (non-hydrogen) atoms. The number of alkyl halides is 3. The Kier molecular flexibility index (Phi) is 7.74. The van der Waals surface area contributed by atoms with Crippen LogP contribution in [-0.2, 0) is 4.74 Å². The van der Waals surface area contributed by atoms with Gasteiger partial charge in [0.05, 0.1) is 11.5 Å². The van der Waals surface area contributed by atoms with Crippen LogP contribution < -0.4 is 16.0 Å². The quantitative estimate of drug-likeness (QED) is 0.223. The van der Waals surface area contributed by atoms with E-state index in [1.165, 1.54) is 24.3 Å². The van der Waals surface area contributed by atoms with Gasteiger partial charge in [0.2, 0.25) is 3.79 Å². The third-order valence-corrected chi connectivity index (χ3v) is 3.35. The molecule has 1 atom stereocenters. The molecular weight excluding hydrogens is 403 g/mol. The maximum atomic E-state index is 11.5. The van der Waals surface area contributed by atoms with Gasteiger partial charge >= 0.3 is 6.09 Å². The predicted molar refractivity (Wildman–Crippen MR) is 96.7 cm³/mol. The van der Waals surface area contributed by atoms with Crippen molar-refractivity contribution in [3.05, 3.63) is 34.4 Å². The highest BCUT2D eigenvalue weighted by molar-refractivity contribution is 7.80. The second kappa shape index (κ2) is 9.07. The molecule has 0 spiro atoms. The van der Waals surface area contributed by atoms with Crippen molar-refractivity contribution < 1.29 is 14.5 Å². The average molecular weight is 416 g/mol. The summed E-state index contributed by atoms with van der Waals surface area (Å²) >= 11 is 22.4. The summed E-state index contributed by atoms with van der Waals surface area (Å²) in [5, 5.41) is 18.3. The van der Waals surface area contributed by atoms with Gasteiger partial charge in [0.25, 0.3) is 5.69 Å². The Balaban J connectivity index is 2.70. The number of nitrogens with one attached hydrogen (secondary N) is 3. The number of alkyl carbamates (subject to hydrolysis) is 1. The lowest BCUT2D eigenvalue weighted by Gasteiger charge is -2.27. The lowest BCUT2D eigenvalue weighted by atomic mass is 10.3. The Labute approximate surface area is 157 Å². The summed E-state index contributed by atoms with van der Waals surface area (Å²) in [4.78, 5) is 21.5. The Morgan fingerprint density at radius 2 is 1.92 bits per heavy atom. The van der Waals surface area contributed by atoms with Crippen LogP contribution in [0.4, 0.5) is 16.2 Å². The lowest BCUT2D eigenvalue weighted by molar-refractivity contribution is -0.384. The molecular formula is C12H13Cl3N4O4S. The summed E-state index contributed by atoms with van der Waals surface area (Å²) in [6.07, 6.45) is -1.96. The van der Waals surface area contributed by atoms with Crippen LogP contribution in [0, 0.1) is 10.1 Å². The molecule has 12 heteroatoms. The molecule has 0 aliphatic rings. The minimum atomic E-state index is -1.91. The molecule has 0 bridgehead atoms. The summed E-state index contributed by atoms with van der Waals surface area (Å²) in [6, 6.07) is 5.51. The van der Waals surface area contributed by atoms with E-state index in [-0.39, 0.29) is 17.4 Å². The van der Waals surface area contributed by atoms with E-state index in [9.17, 15) is 14.9 Å². The number of nitro benzene ring substituents is 1. The highest BCUT2D eigenvalue weighted by Gasteiger charge is 2.35. The van der Waals surface area contributed by atoms with Gasteiger partial charge in [0.1, 0.15) is 0 Å².